The zero-order valence-electron chi connectivity index (χ0n) is 17.9. The lowest BCUT2D eigenvalue weighted by molar-refractivity contribution is -0.137. The van der Waals surface area contributed by atoms with Gasteiger partial charge < -0.3 is 10.6 Å². The Labute approximate surface area is 190 Å². The lowest BCUT2D eigenvalue weighted by Crippen LogP contribution is -2.24. The minimum Gasteiger partial charge on any atom is -0.345 e. The average Bonchev–Trinajstić information content (AvgIpc) is 3.25. The van der Waals surface area contributed by atoms with Gasteiger partial charge in [-0.15, -0.1) is 10.2 Å². The third-order valence-electron chi connectivity index (χ3n) is 4.47. The monoisotopic (exact) mass is 480 g/mol. The topological polar surface area (TPSA) is 128 Å². The molecule has 3 heterocycles. The van der Waals surface area contributed by atoms with E-state index in [1.54, 1.807) is 12.1 Å². The van der Waals surface area contributed by atoms with Crippen LogP contribution in [0.5, 0.6) is 0 Å². The molecule has 3 rings (SSSR count). The van der Waals surface area contributed by atoms with Crippen LogP contribution in [-0.4, -0.2) is 48.2 Å². The van der Waals surface area contributed by atoms with E-state index in [4.69, 9.17) is 0 Å². The summed E-state index contributed by atoms with van der Waals surface area (Å²) in [4.78, 5) is 27.0. The highest BCUT2D eigenvalue weighted by atomic mass is 19.4. The van der Waals surface area contributed by atoms with E-state index in [2.05, 4.69) is 36.1 Å². The van der Waals surface area contributed by atoms with E-state index >= 15 is 0 Å². The van der Waals surface area contributed by atoms with Gasteiger partial charge in [-0.1, -0.05) is 5.21 Å². The van der Waals surface area contributed by atoms with Gasteiger partial charge >= 0.3 is 6.18 Å². The number of anilines is 1. The zero-order valence-corrected chi connectivity index (χ0v) is 17.9. The Balaban J connectivity index is 1.47. The largest absolute Gasteiger partial charge is 0.416 e. The molecule has 0 aliphatic carbocycles. The van der Waals surface area contributed by atoms with Crippen molar-refractivity contribution in [2.45, 2.75) is 45.2 Å². The molecular weight excluding hydrogens is 460 g/mol. The molecule has 1 atom stereocenters. The fourth-order valence-corrected chi connectivity index (χ4v) is 2.84. The number of amides is 2. The molecule has 0 saturated heterocycles. The molecule has 0 radical (unpaired) electrons. The number of aryl methyl sites for hydroxylation is 1. The molecular formula is C20H20F4N8O2. The number of halogens is 4. The Morgan fingerprint density at radius 3 is 2.59 bits per heavy atom. The van der Waals surface area contributed by atoms with E-state index in [9.17, 15) is 27.2 Å². The molecule has 180 valence electrons. The van der Waals surface area contributed by atoms with Crippen molar-refractivity contribution >= 4 is 17.6 Å². The smallest absolute Gasteiger partial charge is 0.345 e. The van der Waals surface area contributed by atoms with Crippen LogP contribution in [0.25, 0.3) is 0 Å². The summed E-state index contributed by atoms with van der Waals surface area (Å²) in [5.41, 5.74) is -0.425. The third kappa shape index (κ3) is 7.28. The molecule has 0 bridgehead atoms. The van der Waals surface area contributed by atoms with E-state index in [-0.39, 0.29) is 36.8 Å². The van der Waals surface area contributed by atoms with Crippen molar-refractivity contribution in [3.8, 4) is 0 Å². The summed E-state index contributed by atoms with van der Waals surface area (Å²) >= 11 is 0. The number of carbonyl (C=O) groups is 2. The molecule has 1 unspecified atom stereocenters. The fraction of sp³-hybridized carbons (Fsp3) is 0.350. The summed E-state index contributed by atoms with van der Waals surface area (Å²) in [6, 6.07) is 4.86. The van der Waals surface area contributed by atoms with E-state index in [1.807, 2.05) is 0 Å². The fourth-order valence-electron chi connectivity index (χ4n) is 2.84. The molecule has 10 nitrogen and oxygen atoms in total. The quantitative estimate of drug-likeness (QED) is 0.450. The zero-order chi connectivity index (χ0) is 24.7. The number of carbonyl (C=O) groups excluding carboxylic acids is 2. The highest BCUT2D eigenvalue weighted by molar-refractivity contribution is 5.91. The predicted molar refractivity (Wildman–Crippen MR) is 110 cm³/mol. The summed E-state index contributed by atoms with van der Waals surface area (Å²) in [7, 11) is 0. The standard InChI is InChI=1S/C20H20F4N8O2/c1-12(33)27-18-5-4-15(28-30-18)3-2-14(21)10-32-11-17(29-31-32)19(34)26-9-16-8-13(6-7-25-16)20(22,23)24/h4-8,11,14H,2-3,9-10H2,1H3,(H,26,34)(H,27,30,33). The molecule has 0 aliphatic heterocycles. The minimum atomic E-state index is -4.52. The van der Waals surface area contributed by atoms with Crippen molar-refractivity contribution in [2.24, 2.45) is 0 Å². The molecule has 0 spiro atoms. The molecule has 0 saturated carbocycles. The Kier molecular flexibility index (Phi) is 7.81. The molecule has 0 fully saturated rings. The van der Waals surface area contributed by atoms with Crippen molar-refractivity contribution in [3.05, 3.63) is 59.3 Å². The van der Waals surface area contributed by atoms with Crippen LogP contribution >= 0.6 is 0 Å². The second kappa shape index (κ2) is 10.8. The summed E-state index contributed by atoms with van der Waals surface area (Å²) in [5, 5.41) is 20.0. The maximum atomic E-state index is 14.3. The first-order chi connectivity index (χ1) is 16.1. The van der Waals surface area contributed by atoms with Gasteiger partial charge in [-0.05, 0) is 37.1 Å². The minimum absolute atomic E-state index is 0.0209. The van der Waals surface area contributed by atoms with Crippen molar-refractivity contribution in [1.82, 2.24) is 35.5 Å². The molecule has 0 aliphatic rings. The van der Waals surface area contributed by atoms with Crippen molar-refractivity contribution in [2.75, 3.05) is 5.32 Å². The lowest BCUT2D eigenvalue weighted by atomic mass is 10.1. The maximum Gasteiger partial charge on any atom is 0.416 e. The Hall–Kier alpha value is -3.97. The number of hydrogen-bond donors (Lipinski definition) is 2. The molecule has 14 heteroatoms. The Bertz CT molecular complexity index is 1130. The number of aromatic nitrogens is 6. The third-order valence-corrected chi connectivity index (χ3v) is 4.47. The number of hydrogen-bond acceptors (Lipinski definition) is 7. The van der Waals surface area contributed by atoms with Crippen molar-refractivity contribution < 1.29 is 27.2 Å². The van der Waals surface area contributed by atoms with Crippen LogP contribution in [0.3, 0.4) is 0 Å². The van der Waals surface area contributed by atoms with Gasteiger partial charge in [0.1, 0.15) is 6.17 Å². The normalized spacial score (nSPS) is 12.3. The first-order valence-electron chi connectivity index (χ1n) is 10.0. The first-order valence-corrected chi connectivity index (χ1v) is 10.0. The number of nitrogens with zero attached hydrogens (tertiary/aromatic N) is 6. The van der Waals surface area contributed by atoms with E-state index in [1.165, 1.54) is 13.1 Å². The van der Waals surface area contributed by atoms with Crippen LogP contribution in [0.2, 0.25) is 0 Å². The summed E-state index contributed by atoms with van der Waals surface area (Å²) in [5.74, 6) is -0.667. The molecule has 2 N–H and O–H groups in total. The van der Waals surface area contributed by atoms with Gasteiger partial charge in [-0.25, -0.2) is 9.07 Å². The van der Waals surface area contributed by atoms with Gasteiger partial charge in [0.05, 0.1) is 36.2 Å². The summed E-state index contributed by atoms with van der Waals surface area (Å²) in [6.07, 6.45) is -3.19. The summed E-state index contributed by atoms with van der Waals surface area (Å²) < 4.78 is 53.8. The number of pyridine rings is 1. The summed E-state index contributed by atoms with van der Waals surface area (Å²) in [6.45, 7) is 0.937. The van der Waals surface area contributed by atoms with Crippen LogP contribution < -0.4 is 10.6 Å². The van der Waals surface area contributed by atoms with Crippen molar-refractivity contribution in [3.63, 3.8) is 0 Å². The van der Waals surface area contributed by atoms with Gasteiger partial charge in [-0.3, -0.25) is 14.6 Å². The SMILES string of the molecule is CC(=O)Nc1ccc(CCC(F)Cn2cc(C(=O)NCc3cc(C(F)(F)F)ccn3)nn2)nn1. The van der Waals surface area contributed by atoms with Gasteiger partial charge in [0.2, 0.25) is 5.91 Å². The molecule has 2 amide bonds. The molecule has 0 aromatic carbocycles. The van der Waals surface area contributed by atoms with Crippen LogP contribution in [0.15, 0.2) is 36.7 Å². The van der Waals surface area contributed by atoms with Gasteiger partial charge in [0, 0.05) is 13.1 Å². The van der Waals surface area contributed by atoms with Gasteiger partial charge in [-0.2, -0.15) is 18.3 Å². The van der Waals surface area contributed by atoms with Gasteiger partial charge in [0.15, 0.2) is 11.5 Å². The average molecular weight is 480 g/mol. The van der Waals surface area contributed by atoms with Crippen LogP contribution in [0, 0.1) is 0 Å². The van der Waals surface area contributed by atoms with Crippen molar-refractivity contribution in [1.29, 1.82) is 0 Å². The predicted octanol–water partition coefficient (Wildman–Crippen LogP) is 2.34. The highest BCUT2D eigenvalue weighted by Crippen LogP contribution is 2.28. The number of alkyl halides is 4. The number of nitrogens with one attached hydrogen (secondary N) is 2. The van der Waals surface area contributed by atoms with Gasteiger partial charge in [0.25, 0.3) is 5.91 Å². The molecule has 3 aromatic heterocycles. The van der Waals surface area contributed by atoms with E-state index in [0.29, 0.717) is 17.9 Å². The van der Waals surface area contributed by atoms with Crippen LogP contribution in [0.1, 0.15) is 40.8 Å². The van der Waals surface area contributed by atoms with Crippen LogP contribution in [0.4, 0.5) is 23.4 Å². The second-order valence-corrected chi connectivity index (χ2v) is 7.27. The number of rotatable bonds is 9. The first kappa shape index (κ1) is 24.7. The van der Waals surface area contributed by atoms with E-state index < -0.39 is 23.8 Å². The second-order valence-electron chi connectivity index (χ2n) is 7.27. The lowest BCUT2D eigenvalue weighted by Gasteiger charge is -2.08. The molecule has 3 aromatic rings. The van der Waals surface area contributed by atoms with Crippen LogP contribution in [-0.2, 0) is 30.5 Å². The molecule has 34 heavy (non-hydrogen) atoms. The Morgan fingerprint density at radius 1 is 1.12 bits per heavy atom. The van der Waals surface area contributed by atoms with E-state index in [0.717, 1.165) is 23.0 Å². The maximum absolute atomic E-state index is 14.3. The Morgan fingerprint density at radius 2 is 1.91 bits per heavy atom. The highest BCUT2D eigenvalue weighted by Gasteiger charge is 2.30.